The van der Waals surface area contributed by atoms with Crippen LogP contribution in [0.5, 0.6) is 5.75 Å². The monoisotopic (exact) mass is 374 g/mol. The van der Waals surface area contributed by atoms with Gasteiger partial charge in [-0.1, -0.05) is 35.9 Å². The van der Waals surface area contributed by atoms with Gasteiger partial charge in [-0.2, -0.15) is 0 Å². The Kier molecular flexibility index (Phi) is 5.15. The van der Waals surface area contributed by atoms with Crippen LogP contribution in [0.4, 0.5) is 0 Å². The number of nitrogens with one attached hydrogen (secondary N) is 2. The molecule has 2 N–H and O–H groups in total. The van der Waals surface area contributed by atoms with Gasteiger partial charge in [0.15, 0.2) is 5.76 Å². The van der Waals surface area contributed by atoms with E-state index < -0.39 is 0 Å². The average Bonchev–Trinajstić information content (AvgIpc) is 3.35. The number of H-pyrrole nitrogens is 1. The van der Waals surface area contributed by atoms with Crippen molar-refractivity contribution in [3.63, 3.8) is 0 Å². The highest BCUT2D eigenvalue weighted by atomic mass is 16.5. The summed E-state index contributed by atoms with van der Waals surface area (Å²) < 4.78 is 11.3. The molecule has 28 heavy (non-hydrogen) atoms. The molecule has 0 aliphatic rings. The summed E-state index contributed by atoms with van der Waals surface area (Å²) in [5.41, 5.74) is 3.47. The van der Waals surface area contributed by atoms with Crippen molar-refractivity contribution in [3.8, 4) is 5.75 Å². The van der Waals surface area contributed by atoms with Crippen molar-refractivity contribution >= 4 is 16.8 Å². The topological polar surface area (TPSA) is 67.3 Å². The zero-order valence-corrected chi connectivity index (χ0v) is 15.7. The number of hydrogen-bond acceptors (Lipinski definition) is 3. The first-order chi connectivity index (χ1) is 13.7. The van der Waals surface area contributed by atoms with Crippen molar-refractivity contribution < 1.29 is 13.9 Å². The van der Waals surface area contributed by atoms with E-state index in [1.54, 1.807) is 12.1 Å². The van der Waals surface area contributed by atoms with E-state index in [-0.39, 0.29) is 12.5 Å². The lowest BCUT2D eigenvalue weighted by Crippen LogP contribution is -2.25. The highest BCUT2D eigenvalue weighted by Gasteiger charge is 2.12. The normalized spacial score (nSPS) is 10.9. The summed E-state index contributed by atoms with van der Waals surface area (Å²) in [4.78, 5) is 15.6. The molecular weight excluding hydrogens is 352 g/mol. The van der Waals surface area contributed by atoms with E-state index in [2.05, 4.69) is 16.4 Å². The molecule has 0 fully saturated rings. The van der Waals surface area contributed by atoms with Crippen molar-refractivity contribution in [2.24, 2.45) is 0 Å². The minimum absolute atomic E-state index is 0.221. The van der Waals surface area contributed by atoms with E-state index in [1.165, 1.54) is 16.5 Å². The summed E-state index contributed by atoms with van der Waals surface area (Å²) in [6.45, 7) is 2.85. The van der Waals surface area contributed by atoms with Crippen molar-refractivity contribution in [3.05, 3.63) is 89.5 Å². The summed E-state index contributed by atoms with van der Waals surface area (Å²) in [5, 5.41) is 4.09. The number of rotatable bonds is 7. The highest BCUT2D eigenvalue weighted by molar-refractivity contribution is 5.91. The van der Waals surface area contributed by atoms with Crippen molar-refractivity contribution in [1.82, 2.24) is 10.3 Å². The van der Waals surface area contributed by atoms with Gasteiger partial charge in [-0.15, -0.1) is 0 Å². The highest BCUT2D eigenvalue weighted by Crippen LogP contribution is 2.18. The third-order valence-electron chi connectivity index (χ3n) is 4.64. The van der Waals surface area contributed by atoms with E-state index in [9.17, 15) is 4.79 Å². The van der Waals surface area contributed by atoms with Gasteiger partial charge in [0.2, 0.25) is 0 Å². The molecule has 5 nitrogen and oxygen atoms in total. The van der Waals surface area contributed by atoms with Gasteiger partial charge >= 0.3 is 0 Å². The SMILES string of the molecule is Cc1ccc(OCc2ccc(C(=O)NCCc3c[nH]c4ccccc34)o2)cc1. The largest absolute Gasteiger partial charge is 0.486 e. The Balaban J connectivity index is 1.28. The van der Waals surface area contributed by atoms with Crippen LogP contribution in [-0.2, 0) is 13.0 Å². The smallest absolute Gasteiger partial charge is 0.287 e. The number of aromatic amines is 1. The second kappa shape index (κ2) is 8.05. The van der Waals surface area contributed by atoms with Crippen LogP contribution in [0.15, 0.2) is 71.3 Å². The maximum Gasteiger partial charge on any atom is 0.287 e. The molecule has 0 saturated heterocycles. The number of carbonyl (C=O) groups is 1. The number of fused-ring (bicyclic) bond motifs is 1. The Morgan fingerprint density at radius 3 is 2.75 bits per heavy atom. The number of aryl methyl sites for hydroxylation is 1. The zero-order chi connectivity index (χ0) is 19.3. The fourth-order valence-electron chi connectivity index (χ4n) is 3.10. The van der Waals surface area contributed by atoms with E-state index in [1.807, 2.05) is 55.6 Å². The van der Waals surface area contributed by atoms with Gasteiger partial charge in [-0.05, 0) is 49.2 Å². The molecule has 0 aliphatic carbocycles. The van der Waals surface area contributed by atoms with Crippen LogP contribution < -0.4 is 10.1 Å². The second-order valence-electron chi connectivity index (χ2n) is 6.73. The molecule has 142 valence electrons. The molecule has 5 heteroatoms. The first-order valence-corrected chi connectivity index (χ1v) is 9.30. The lowest BCUT2D eigenvalue weighted by molar-refractivity contribution is 0.0922. The van der Waals surface area contributed by atoms with Gasteiger partial charge in [0, 0.05) is 23.6 Å². The van der Waals surface area contributed by atoms with Crippen LogP contribution in [0.3, 0.4) is 0 Å². The molecule has 0 atom stereocenters. The molecule has 0 unspecified atom stereocenters. The molecular formula is C23H22N2O3. The number of ether oxygens (including phenoxy) is 1. The predicted molar refractivity (Wildman–Crippen MR) is 109 cm³/mol. The van der Waals surface area contributed by atoms with Crippen LogP contribution in [0.1, 0.15) is 27.4 Å². The van der Waals surface area contributed by atoms with Crippen LogP contribution in [0.25, 0.3) is 10.9 Å². The number of furan rings is 1. The molecule has 0 spiro atoms. The lowest BCUT2D eigenvalue weighted by Gasteiger charge is -2.05. The Morgan fingerprint density at radius 1 is 1.07 bits per heavy atom. The standard InChI is InChI=1S/C23H22N2O3/c1-16-6-8-18(9-7-16)27-15-19-10-11-22(28-19)23(26)24-13-12-17-14-25-21-5-3-2-4-20(17)21/h2-11,14,25H,12-13,15H2,1H3,(H,24,26). The molecule has 4 aromatic rings. The Hall–Kier alpha value is -3.47. The third kappa shape index (κ3) is 4.09. The van der Waals surface area contributed by atoms with Crippen LogP contribution in [-0.4, -0.2) is 17.4 Å². The van der Waals surface area contributed by atoms with Gasteiger partial charge in [0.1, 0.15) is 18.1 Å². The maximum atomic E-state index is 12.3. The van der Waals surface area contributed by atoms with Crippen LogP contribution in [0.2, 0.25) is 0 Å². The Morgan fingerprint density at radius 2 is 1.89 bits per heavy atom. The summed E-state index contributed by atoms with van der Waals surface area (Å²) in [6, 6.07) is 19.4. The molecule has 2 heterocycles. The molecule has 4 rings (SSSR count). The number of benzene rings is 2. The molecule has 0 radical (unpaired) electrons. The van der Waals surface area contributed by atoms with Gasteiger partial charge in [0.05, 0.1) is 0 Å². The number of para-hydroxylation sites is 1. The minimum Gasteiger partial charge on any atom is -0.486 e. The molecule has 2 aromatic carbocycles. The van der Waals surface area contributed by atoms with Crippen LogP contribution in [0, 0.1) is 6.92 Å². The molecule has 0 saturated carbocycles. The van der Waals surface area contributed by atoms with Gasteiger partial charge < -0.3 is 19.5 Å². The zero-order valence-electron chi connectivity index (χ0n) is 15.7. The molecule has 0 aliphatic heterocycles. The predicted octanol–water partition coefficient (Wildman–Crippen LogP) is 4.62. The minimum atomic E-state index is -0.221. The van der Waals surface area contributed by atoms with E-state index in [0.29, 0.717) is 18.1 Å². The third-order valence-corrected chi connectivity index (χ3v) is 4.64. The fourth-order valence-corrected chi connectivity index (χ4v) is 3.10. The first kappa shape index (κ1) is 17.9. The number of amides is 1. The number of aromatic nitrogens is 1. The Labute approximate surface area is 163 Å². The van der Waals surface area contributed by atoms with Gasteiger partial charge in [0.25, 0.3) is 5.91 Å². The summed E-state index contributed by atoms with van der Waals surface area (Å²) in [6.07, 6.45) is 2.74. The average molecular weight is 374 g/mol. The fraction of sp³-hybridized carbons (Fsp3) is 0.174. The van der Waals surface area contributed by atoms with E-state index >= 15 is 0 Å². The van der Waals surface area contributed by atoms with E-state index in [0.717, 1.165) is 17.7 Å². The van der Waals surface area contributed by atoms with Gasteiger partial charge in [-0.25, -0.2) is 0 Å². The molecule has 2 aromatic heterocycles. The maximum absolute atomic E-state index is 12.3. The van der Waals surface area contributed by atoms with Gasteiger partial charge in [-0.3, -0.25) is 4.79 Å². The quantitative estimate of drug-likeness (QED) is 0.496. The first-order valence-electron chi connectivity index (χ1n) is 9.30. The van der Waals surface area contributed by atoms with Crippen LogP contribution >= 0.6 is 0 Å². The Bertz CT molecular complexity index is 1080. The molecule has 0 bridgehead atoms. The number of carbonyl (C=O) groups excluding carboxylic acids is 1. The van der Waals surface area contributed by atoms with E-state index in [4.69, 9.17) is 9.15 Å². The second-order valence-corrected chi connectivity index (χ2v) is 6.73. The van der Waals surface area contributed by atoms with Crippen molar-refractivity contribution in [2.45, 2.75) is 20.0 Å². The summed E-state index contributed by atoms with van der Waals surface area (Å²) in [7, 11) is 0. The number of hydrogen-bond donors (Lipinski definition) is 2. The lowest BCUT2D eigenvalue weighted by atomic mass is 10.1. The molecule has 1 amide bonds. The van der Waals surface area contributed by atoms with Crippen molar-refractivity contribution in [1.29, 1.82) is 0 Å². The summed E-state index contributed by atoms with van der Waals surface area (Å²) >= 11 is 0. The van der Waals surface area contributed by atoms with Crippen molar-refractivity contribution in [2.75, 3.05) is 6.54 Å². The summed E-state index contributed by atoms with van der Waals surface area (Å²) in [5.74, 6) is 1.46.